The van der Waals surface area contributed by atoms with E-state index in [1.54, 1.807) is 0 Å². The molecule has 0 unspecified atom stereocenters. The van der Waals surface area contributed by atoms with Crippen molar-refractivity contribution in [1.82, 2.24) is 4.57 Å². The number of rotatable bonds is 1. The maximum atomic E-state index is 3.63. The third-order valence-corrected chi connectivity index (χ3v) is 6.27. The second kappa shape index (κ2) is 4.48. The van der Waals surface area contributed by atoms with Crippen LogP contribution in [0.1, 0.15) is 19.4 Å². The second-order valence-corrected chi connectivity index (χ2v) is 7.76. The molecule has 22 heavy (non-hydrogen) atoms. The number of halogens is 1. The third-order valence-electron chi connectivity index (χ3n) is 5.77. The Hall–Kier alpha value is -1.54. The van der Waals surface area contributed by atoms with Crippen molar-refractivity contribution in [2.45, 2.75) is 19.4 Å². The minimum atomic E-state index is 0.596. The van der Waals surface area contributed by atoms with Gasteiger partial charge in [-0.3, -0.25) is 0 Å². The molecule has 1 nitrogen and oxygen atoms in total. The van der Waals surface area contributed by atoms with Gasteiger partial charge in [0.05, 0.1) is 0 Å². The van der Waals surface area contributed by atoms with Gasteiger partial charge >= 0.3 is 0 Å². The van der Waals surface area contributed by atoms with Crippen LogP contribution in [0.4, 0.5) is 0 Å². The molecule has 0 saturated heterocycles. The number of aromatic nitrogens is 1. The van der Waals surface area contributed by atoms with E-state index in [1.165, 1.54) is 28.2 Å². The fourth-order valence-electron chi connectivity index (χ4n) is 4.77. The van der Waals surface area contributed by atoms with Crippen molar-refractivity contribution in [1.29, 1.82) is 0 Å². The summed E-state index contributed by atoms with van der Waals surface area (Å²) < 4.78 is 3.78. The van der Waals surface area contributed by atoms with Crippen molar-refractivity contribution in [3.8, 4) is 0 Å². The van der Waals surface area contributed by atoms with E-state index in [2.05, 4.69) is 82.0 Å². The first-order valence-electron chi connectivity index (χ1n) is 8.10. The van der Waals surface area contributed by atoms with Crippen molar-refractivity contribution in [3.63, 3.8) is 0 Å². The van der Waals surface area contributed by atoms with Crippen molar-refractivity contribution in [3.05, 3.63) is 59.1 Å². The van der Waals surface area contributed by atoms with Gasteiger partial charge in [-0.05, 0) is 48.4 Å². The molecule has 0 spiro atoms. The van der Waals surface area contributed by atoms with Crippen molar-refractivity contribution < 1.29 is 0 Å². The second-order valence-electron chi connectivity index (χ2n) is 6.85. The first-order chi connectivity index (χ1) is 10.7. The zero-order valence-electron chi connectivity index (χ0n) is 12.5. The van der Waals surface area contributed by atoms with E-state index in [9.17, 15) is 0 Å². The van der Waals surface area contributed by atoms with Gasteiger partial charge in [-0.1, -0.05) is 53.2 Å². The maximum Gasteiger partial charge on any atom is 0.0495 e. The highest BCUT2D eigenvalue weighted by Crippen LogP contribution is 2.52. The molecule has 5 rings (SSSR count). The molecule has 110 valence electrons. The van der Waals surface area contributed by atoms with Gasteiger partial charge in [0.2, 0.25) is 0 Å². The summed E-state index contributed by atoms with van der Waals surface area (Å²) in [5, 5.41) is 2.74. The van der Waals surface area contributed by atoms with E-state index < -0.39 is 0 Å². The molecule has 2 aliphatic rings. The quantitative estimate of drug-likeness (QED) is 0.478. The van der Waals surface area contributed by atoms with Crippen molar-refractivity contribution >= 4 is 37.7 Å². The van der Waals surface area contributed by atoms with E-state index in [-0.39, 0.29) is 0 Å². The predicted octanol–water partition coefficient (Wildman–Crippen LogP) is 5.94. The van der Waals surface area contributed by atoms with Crippen LogP contribution in [0.25, 0.3) is 21.8 Å². The molecular formula is C20H18BrN. The monoisotopic (exact) mass is 351 g/mol. The van der Waals surface area contributed by atoms with E-state index in [0.29, 0.717) is 12.0 Å². The topological polar surface area (TPSA) is 4.93 Å². The molecule has 0 aliphatic heterocycles. The largest absolute Gasteiger partial charge is 0.336 e. The number of fused-ring (bicyclic) bond motifs is 5. The molecular weight excluding hydrogens is 334 g/mol. The van der Waals surface area contributed by atoms with Crippen LogP contribution < -0.4 is 0 Å². The molecule has 1 aromatic heterocycles. The summed E-state index contributed by atoms with van der Waals surface area (Å²) in [5.74, 6) is 2.18. The molecule has 0 amide bonds. The lowest BCUT2D eigenvalue weighted by atomic mass is 9.90. The summed E-state index contributed by atoms with van der Waals surface area (Å²) in [5.41, 5.74) is 2.76. The Morgan fingerprint density at radius 3 is 2.55 bits per heavy atom. The van der Waals surface area contributed by atoms with Crippen molar-refractivity contribution in [2.24, 2.45) is 17.8 Å². The summed E-state index contributed by atoms with van der Waals surface area (Å²) in [7, 11) is 0. The van der Waals surface area contributed by atoms with Gasteiger partial charge in [0.1, 0.15) is 0 Å². The van der Waals surface area contributed by atoms with Crippen LogP contribution in [-0.2, 0) is 0 Å². The average Bonchev–Trinajstić information content (AvgIpc) is 3.19. The number of hydrogen-bond donors (Lipinski definition) is 0. The van der Waals surface area contributed by atoms with Crippen LogP contribution >= 0.6 is 15.9 Å². The molecule has 2 heteroatoms. The summed E-state index contributed by atoms with van der Waals surface area (Å²) in [6, 6.07) is 16.2. The maximum absolute atomic E-state index is 3.63. The van der Waals surface area contributed by atoms with Crippen LogP contribution in [0.5, 0.6) is 0 Å². The Labute approximate surface area is 138 Å². The average molecular weight is 352 g/mol. The number of allylic oxidation sites excluding steroid dienone is 2. The molecule has 0 N–H and O–H groups in total. The van der Waals surface area contributed by atoms with Gasteiger partial charge in [0, 0.05) is 32.3 Å². The predicted molar refractivity (Wildman–Crippen MR) is 96.1 cm³/mol. The fourth-order valence-corrected chi connectivity index (χ4v) is 5.13. The van der Waals surface area contributed by atoms with Crippen LogP contribution in [0, 0.1) is 17.8 Å². The summed E-state index contributed by atoms with van der Waals surface area (Å²) in [4.78, 5) is 0. The highest BCUT2D eigenvalue weighted by Gasteiger charge is 2.43. The molecule has 0 radical (unpaired) electrons. The third kappa shape index (κ3) is 1.59. The number of para-hydroxylation sites is 1. The highest BCUT2D eigenvalue weighted by molar-refractivity contribution is 9.10. The molecule has 2 bridgehead atoms. The van der Waals surface area contributed by atoms with Crippen LogP contribution in [0.3, 0.4) is 0 Å². The SMILES string of the molecule is C[C@H]1[C@H](n2c3ccccc3c3cc(Br)ccc32)[C@@H]2C=C[C@H]1C2. The minimum Gasteiger partial charge on any atom is -0.336 e. The lowest BCUT2D eigenvalue weighted by Crippen LogP contribution is -2.21. The smallest absolute Gasteiger partial charge is 0.0495 e. The zero-order chi connectivity index (χ0) is 14.8. The molecule has 2 aliphatic carbocycles. The normalized spacial score (nSPS) is 29.9. The van der Waals surface area contributed by atoms with Gasteiger partial charge in [-0.2, -0.15) is 0 Å². The number of benzene rings is 2. The first-order valence-corrected chi connectivity index (χ1v) is 8.90. The van der Waals surface area contributed by atoms with E-state index in [0.717, 1.165) is 16.3 Å². The lowest BCUT2D eigenvalue weighted by Gasteiger charge is -2.28. The lowest BCUT2D eigenvalue weighted by molar-refractivity contribution is 0.346. The standard InChI is InChI=1S/C20H18BrN/c1-12-13-6-7-14(10-13)20(12)22-18-5-3-2-4-16(18)17-11-15(21)8-9-19(17)22/h2-9,11-14,20H,10H2,1H3/t12-,13+,14-,20+/m1/s1. The molecule has 4 atom stereocenters. The van der Waals surface area contributed by atoms with Gasteiger partial charge in [-0.25, -0.2) is 0 Å². The Balaban J connectivity index is 1.87. The molecule has 1 saturated carbocycles. The van der Waals surface area contributed by atoms with Crippen LogP contribution in [-0.4, -0.2) is 4.57 Å². The summed E-state index contributed by atoms with van der Waals surface area (Å²) in [6.07, 6.45) is 6.22. The molecule has 2 aromatic carbocycles. The minimum absolute atomic E-state index is 0.596. The van der Waals surface area contributed by atoms with Crippen LogP contribution in [0.15, 0.2) is 59.1 Å². The molecule has 3 aromatic rings. The van der Waals surface area contributed by atoms with Gasteiger partial charge in [0.25, 0.3) is 0 Å². The van der Waals surface area contributed by atoms with Gasteiger partial charge in [0.15, 0.2) is 0 Å². The molecule has 1 fully saturated rings. The first kappa shape index (κ1) is 13.0. The van der Waals surface area contributed by atoms with E-state index >= 15 is 0 Å². The van der Waals surface area contributed by atoms with Crippen molar-refractivity contribution in [2.75, 3.05) is 0 Å². The Kier molecular flexibility index (Phi) is 2.64. The van der Waals surface area contributed by atoms with E-state index in [4.69, 9.17) is 0 Å². The Morgan fingerprint density at radius 1 is 0.955 bits per heavy atom. The highest BCUT2D eigenvalue weighted by atomic mass is 79.9. The fraction of sp³-hybridized carbons (Fsp3) is 0.300. The molecule has 1 heterocycles. The van der Waals surface area contributed by atoms with Gasteiger partial charge in [-0.15, -0.1) is 0 Å². The number of hydrogen-bond acceptors (Lipinski definition) is 0. The number of nitrogens with zero attached hydrogens (tertiary/aromatic N) is 1. The van der Waals surface area contributed by atoms with E-state index in [1.807, 2.05) is 0 Å². The Morgan fingerprint density at radius 2 is 1.73 bits per heavy atom. The zero-order valence-corrected chi connectivity index (χ0v) is 14.1. The van der Waals surface area contributed by atoms with Gasteiger partial charge < -0.3 is 4.57 Å². The Bertz CT molecular complexity index is 920. The van der Waals surface area contributed by atoms with Crippen LogP contribution in [0.2, 0.25) is 0 Å². The summed E-state index contributed by atoms with van der Waals surface area (Å²) >= 11 is 3.63. The summed E-state index contributed by atoms with van der Waals surface area (Å²) in [6.45, 7) is 2.43.